The zero-order valence-corrected chi connectivity index (χ0v) is 15.2. The minimum Gasteiger partial charge on any atom is -0.356 e. The van der Waals surface area contributed by atoms with Gasteiger partial charge in [0.15, 0.2) is 5.96 Å². The number of alkyl halides is 2. The first-order valence-electron chi connectivity index (χ1n) is 9.54. The van der Waals surface area contributed by atoms with Crippen molar-refractivity contribution in [2.24, 2.45) is 16.8 Å². The van der Waals surface area contributed by atoms with Gasteiger partial charge < -0.3 is 10.6 Å². The van der Waals surface area contributed by atoms with Crippen LogP contribution in [0, 0.1) is 11.8 Å². The highest BCUT2D eigenvalue weighted by Gasteiger charge is 2.22. The molecule has 1 saturated heterocycles. The van der Waals surface area contributed by atoms with Gasteiger partial charge in [-0.2, -0.15) is 0 Å². The maximum atomic E-state index is 12.4. The minimum atomic E-state index is -2.23. The van der Waals surface area contributed by atoms with Crippen molar-refractivity contribution in [3.8, 4) is 0 Å². The first-order chi connectivity index (χ1) is 11.6. The Labute approximate surface area is 145 Å². The average Bonchev–Trinajstić information content (AvgIpc) is 2.55. The molecule has 2 rings (SSSR count). The lowest BCUT2D eigenvalue weighted by Crippen LogP contribution is -2.49. The normalized spacial score (nSPS) is 27.5. The lowest BCUT2D eigenvalue weighted by atomic mass is 9.81. The van der Waals surface area contributed by atoms with Crippen LogP contribution in [0.1, 0.15) is 51.9 Å². The third-order valence-electron chi connectivity index (χ3n) is 5.44. The van der Waals surface area contributed by atoms with Gasteiger partial charge in [-0.15, -0.1) is 0 Å². The molecule has 0 aromatic carbocycles. The topological polar surface area (TPSA) is 39.7 Å². The number of piperidine rings is 1. The molecule has 1 aliphatic carbocycles. The van der Waals surface area contributed by atoms with Crippen molar-refractivity contribution < 1.29 is 8.78 Å². The number of halogens is 2. The Morgan fingerprint density at radius 2 is 1.96 bits per heavy atom. The van der Waals surface area contributed by atoms with Gasteiger partial charge in [0, 0.05) is 32.7 Å². The summed E-state index contributed by atoms with van der Waals surface area (Å²) in [5.74, 6) is 2.57. The van der Waals surface area contributed by atoms with E-state index in [2.05, 4.69) is 22.5 Å². The second-order valence-electron chi connectivity index (χ2n) is 7.54. The van der Waals surface area contributed by atoms with E-state index in [9.17, 15) is 8.78 Å². The molecule has 2 fully saturated rings. The molecule has 2 unspecified atom stereocenters. The summed E-state index contributed by atoms with van der Waals surface area (Å²) >= 11 is 0. The Morgan fingerprint density at radius 1 is 1.21 bits per heavy atom. The molecule has 1 aliphatic heterocycles. The van der Waals surface area contributed by atoms with Gasteiger partial charge in [0.2, 0.25) is 0 Å². The number of aliphatic imine (C=N–C) groups is 1. The summed E-state index contributed by atoms with van der Waals surface area (Å²) in [6, 6.07) is 0.333. The molecule has 2 N–H and O–H groups in total. The fourth-order valence-corrected chi connectivity index (χ4v) is 4.06. The molecule has 0 bridgehead atoms. The molecule has 4 nitrogen and oxygen atoms in total. The largest absolute Gasteiger partial charge is 0.356 e. The van der Waals surface area contributed by atoms with Crippen molar-refractivity contribution in [2.75, 3.05) is 33.2 Å². The second-order valence-corrected chi connectivity index (χ2v) is 7.54. The molecule has 1 heterocycles. The first-order valence-corrected chi connectivity index (χ1v) is 9.54. The Bertz CT molecular complexity index is 381. The molecule has 140 valence electrons. The fraction of sp³-hybridized carbons (Fsp3) is 0.944. The average molecular weight is 344 g/mol. The maximum absolute atomic E-state index is 12.4. The van der Waals surface area contributed by atoms with Crippen molar-refractivity contribution in [1.82, 2.24) is 15.5 Å². The van der Waals surface area contributed by atoms with Crippen LogP contribution in [-0.2, 0) is 0 Å². The molecule has 2 atom stereocenters. The van der Waals surface area contributed by atoms with Gasteiger partial charge in [0.1, 0.15) is 0 Å². The maximum Gasteiger partial charge on any atom is 0.251 e. The minimum absolute atomic E-state index is 0.0977. The van der Waals surface area contributed by atoms with Gasteiger partial charge in [0.05, 0.1) is 6.54 Å². The van der Waals surface area contributed by atoms with Crippen molar-refractivity contribution >= 4 is 5.96 Å². The van der Waals surface area contributed by atoms with Crippen LogP contribution in [0.15, 0.2) is 4.99 Å². The van der Waals surface area contributed by atoms with Gasteiger partial charge in [-0.3, -0.25) is 9.89 Å². The van der Waals surface area contributed by atoms with Gasteiger partial charge in [-0.1, -0.05) is 26.2 Å². The lowest BCUT2D eigenvalue weighted by molar-refractivity contribution is 0.0744. The fourth-order valence-electron chi connectivity index (χ4n) is 4.06. The molecule has 0 spiro atoms. The third-order valence-corrected chi connectivity index (χ3v) is 5.44. The Morgan fingerprint density at radius 3 is 2.58 bits per heavy atom. The Kier molecular flexibility index (Phi) is 8.22. The quantitative estimate of drug-likeness (QED) is 0.574. The molecule has 0 aromatic rings. The van der Waals surface area contributed by atoms with E-state index in [0.717, 1.165) is 50.3 Å². The summed E-state index contributed by atoms with van der Waals surface area (Å²) < 4.78 is 24.8. The number of likely N-dealkylation sites (tertiary alicyclic amines) is 1. The van der Waals surface area contributed by atoms with Gasteiger partial charge >= 0.3 is 0 Å². The Balaban J connectivity index is 1.62. The van der Waals surface area contributed by atoms with E-state index < -0.39 is 6.43 Å². The number of guanidine groups is 1. The number of hydrogen-bond acceptors (Lipinski definition) is 2. The molecule has 2 aliphatic rings. The number of hydrogen-bond donors (Lipinski definition) is 2. The molecule has 0 amide bonds. The standard InChI is InChI=1S/C18H34F2N4/c1-14-4-3-5-15(12-14)6-9-22-18(21-2)23-16-7-10-24(11-8-16)13-17(19)20/h14-17H,3-13H2,1-2H3,(H2,21,22,23). The number of nitrogens with zero attached hydrogens (tertiary/aromatic N) is 2. The predicted octanol–water partition coefficient (Wildman–Crippen LogP) is 3.10. The number of rotatable bonds is 6. The molecule has 0 radical (unpaired) electrons. The summed E-state index contributed by atoms with van der Waals surface area (Å²) in [5.41, 5.74) is 0. The van der Waals surface area contributed by atoms with Crippen LogP contribution in [0.3, 0.4) is 0 Å². The highest BCUT2D eigenvalue weighted by atomic mass is 19.3. The van der Waals surface area contributed by atoms with Crippen LogP contribution in [-0.4, -0.2) is 56.6 Å². The van der Waals surface area contributed by atoms with E-state index >= 15 is 0 Å². The third kappa shape index (κ3) is 6.91. The highest BCUT2D eigenvalue weighted by Crippen LogP contribution is 2.30. The van der Waals surface area contributed by atoms with E-state index in [1.165, 1.54) is 32.1 Å². The molecular weight excluding hydrogens is 310 g/mol. The van der Waals surface area contributed by atoms with Crippen LogP contribution in [0.4, 0.5) is 8.78 Å². The predicted molar refractivity (Wildman–Crippen MR) is 95.7 cm³/mol. The smallest absolute Gasteiger partial charge is 0.251 e. The van der Waals surface area contributed by atoms with E-state index in [-0.39, 0.29) is 6.54 Å². The summed E-state index contributed by atoms with van der Waals surface area (Å²) in [6.07, 6.45) is 6.25. The van der Waals surface area contributed by atoms with Crippen LogP contribution in [0.2, 0.25) is 0 Å². The van der Waals surface area contributed by atoms with E-state index in [0.29, 0.717) is 6.04 Å². The lowest BCUT2D eigenvalue weighted by Gasteiger charge is -2.33. The van der Waals surface area contributed by atoms with E-state index in [1.807, 2.05) is 4.90 Å². The summed E-state index contributed by atoms with van der Waals surface area (Å²) in [6.45, 7) is 4.69. The molecule has 0 aromatic heterocycles. The van der Waals surface area contributed by atoms with Crippen molar-refractivity contribution in [1.29, 1.82) is 0 Å². The number of nitrogens with one attached hydrogen (secondary N) is 2. The van der Waals surface area contributed by atoms with E-state index in [1.54, 1.807) is 7.05 Å². The zero-order chi connectivity index (χ0) is 17.4. The van der Waals surface area contributed by atoms with Crippen LogP contribution in [0.5, 0.6) is 0 Å². The summed E-state index contributed by atoms with van der Waals surface area (Å²) in [4.78, 5) is 6.16. The second kappa shape index (κ2) is 10.2. The van der Waals surface area contributed by atoms with Crippen molar-refractivity contribution in [3.05, 3.63) is 0 Å². The van der Waals surface area contributed by atoms with E-state index in [4.69, 9.17) is 0 Å². The van der Waals surface area contributed by atoms with Crippen LogP contribution >= 0.6 is 0 Å². The Hall–Kier alpha value is -0.910. The van der Waals surface area contributed by atoms with Gasteiger partial charge in [0.25, 0.3) is 6.43 Å². The molecule has 1 saturated carbocycles. The first kappa shape index (κ1) is 19.4. The SMILES string of the molecule is CN=C(NCCC1CCCC(C)C1)NC1CCN(CC(F)F)CC1. The van der Waals surface area contributed by atoms with Crippen LogP contribution < -0.4 is 10.6 Å². The van der Waals surface area contributed by atoms with Gasteiger partial charge in [-0.25, -0.2) is 8.78 Å². The summed E-state index contributed by atoms with van der Waals surface area (Å²) in [5, 5.41) is 6.88. The highest BCUT2D eigenvalue weighted by molar-refractivity contribution is 5.79. The molecule has 6 heteroatoms. The van der Waals surface area contributed by atoms with Crippen LogP contribution in [0.25, 0.3) is 0 Å². The zero-order valence-electron chi connectivity index (χ0n) is 15.2. The summed E-state index contributed by atoms with van der Waals surface area (Å²) in [7, 11) is 1.80. The monoisotopic (exact) mass is 344 g/mol. The molecule has 24 heavy (non-hydrogen) atoms. The van der Waals surface area contributed by atoms with Crippen molar-refractivity contribution in [2.45, 2.75) is 64.3 Å². The molecular formula is C18H34F2N4. The van der Waals surface area contributed by atoms with Gasteiger partial charge in [-0.05, 0) is 37.5 Å². The van der Waals surface area contributed by atoms with Crippen molar-refractivity contribution in [3.63, 3.8) is 0 Å².